The van der Waals surface area contributed by atoms with Gasteiger partial charge in [-0.15, -0.1) is 0 Å². The molecule has 2 saturated carbocycles. The van der Waals surface area contributed by atoms with E-state index in [1.807, 2.05) is 0 Å². The summed E-state index contributed by atoms with van der Waals surface area (Å²) in [5, 5.41) is 0. The van der Waals surface area contributed by atoms with Crippen LogP contribution < -0.4 is 0 Å². The summed E-state index contributed by atoms with van der Waals surface area (Å²) in [4.78, 5) is 0. The van der Waals surface area contributed by atoms with Gasteiger partial charge >= 0.3 is 0 Å². The third-order valence-corrected chi connectivity index (χ3v) is 4.63. The van der Waals surface area contributed by atoms with E-state index >= 15 is 0 Å². The molecule has 0 N–H and O–H groups in total. The third kappa shape index (κ3) is 1.02. The van der Waals surface area contributed by atoms with Crippen molar-refractivity contribution in [1.29, 1.82) is 0 Å². The van der Waals surface area contributed by atoms with Crippen molar-refractivity contribution < 1.29 is 0 Å². The van der Waals surface area contributed by atoms with Crippen LogP contribution >= 0.6 is 22.6 Å². The summed E-state index contributed by atoms with van der Waals surface area (Å²) in [6.07, 6.45) is 6.13. The van der Waals surface area contributed by atoms with Crippen molar-refractivity contribution in [2.45, 2.75) is 36.5 Å². The first-order valence-corrected chi connectivity index (χ1v) is 5.11. The SMILES string of the molecule is CC1CC2(CC2)CC1I. The summed E-state index contributed by atoms with van der Waals surface area (Å²) in [6.45, 7) is 2.41. The molecule has 2 atom stereocenters. The highest BCUT2D eigenvalue weighted by Gasteiger charge is 2.50. The van der Waals surface area contributed by atoms with Crippen LogP contribution in [0.5, 0.6) is 0 Å². The van der Waals surface area contributed by atoms with Crippen LogP contribution in [0.15, 0.2) is 0 Å². The van der Waals surface area contributed by atoms with Crippen molar-refractivity contribution in [2.75, 3.05) is 0 Å². The van der Waals surface area contributed by atoms with Gasteiger partial charge in [0.2, 0.25) is 0 Å². The van der Waals surface area contributed by atoms with E-state index in [2.05, 4.69) is 29.5 Å². The lowest BCUT2D eigenvalue weighted by molar-refractivity contribution is 0.501. The first kappa shape index (κ1) is 6.44. The highest BCUT2D eigenvalue weighted by Crippen LogP contribution is 2.61. The van der Waals surface area contributed by atoms with Crippen LogP contribution in [-0.4, -0.2) is 3.92 Å². The van der Waals surface area contributed by atoms with Gasteiger partial charge in [-0.1, -0.05) is 29.5 Å². The van der Waals surface area contributed by atoms with Crippen LogP contribution in [0.25, 0.3) is 0 Å². The van der Waals surface area contributed by atoms with Crippen LogP contribution in [-0.2, 0) is 0 Å². The largest absolute Gasteiger partial charge is 0.0823 e. The van der Waals surface area contributed by atoms with Crippen molar-refractivity contribution in [3.8, 4) is 0 Å². The molecule has 0 amide bonds. The van der Waals surface area contributed by atoms with Gasteiger partial charge in [0.25, 0.3) is 0 Å². The second-order valence-corrected chi connectivity index (χ2v) is 5.50. The molecule has 0 saturated heterocycles. The van der Waals surface area contributed by atoms with Gasteiger partial charge in [-0.3, -0.25) is 0 Å². The minimum absolute atomic E-state index is 0.880. The van der Waals surface area contributed by atoms with Crippen LogP contribution in [0.1, 0.15) is 32.6 Å². The molecule has 0 bridgehead atoms. The molecule has 0 aliphatic heterocycles. The predicted octanol–water partition coefficient (Wildman–Crippen LogP) is 3.00. The highest BCUT2D eigenvalue weighted by atomic mass is 127. The van der Waals surface area contributed by atoms with Gasteiger partial charge in [-0.2, -0.15) is 0 Å². The fraction of sp³-hybridized carbons (Fsp3) is 1.00. The van der Waals surface area contributed by atoms with Crippen LogP contribution in [0.2, 0.25) is 0 Å². The zero-order valence-electron chi connectivity index (χ0n) is 5.86. The molecule has 0 aromatic carbocycles. The first-order valence-electron chi connectivity index (χ1n) is 3.86. The molecule has 9 heavy (non-hydrogen) atoms. The van der Waals surface area contributed by atoms with E-state index in [9.17, 15) is 0 Å². The fourth-order valence-electron chi connectivity index (χ4n) is 2.09. The third-order valence-electron chi connectivity index (χ3n) is 2.96. The second-order valence-electron chi connectivity index (χ2n) is 3.90. The Labute approximate surface area is 70.5 Å². The van der Waals surface area contributed by atoms with Crippen LogP contribution in [0, 0.1) is 11.3 Å². The monoisotopic (exact) mass is 236 g/mol. The van der Waals surface area contributed by atoms with Crippen molar-refractivity contribution in [1.82, 2.24) is 0 Å². The lowest BCUT2D eigenvalue weighted by atomic mass is 10.0. The summed E-state index contributed by atoms with van der Waals surface area (Å²) < 4.78 is 0.991. The quantitative estimate of drug-likeness (QED) is 0.448. The maximum Gasteiger partial charge on any atom is 0.0141 e. The molecule has 2 rings (SSSR count). The van der Waals surface area contributed by atoms with Crippen molar-refractivity contribution in [2.24, 2.45) is 11.3 Å². The fourth-order valence-corrected chi connectivity index (χ4v) is 3.28. The molecule has 0 aromatic rings. The molecule has 2 aliphatic rings. The zero-order chi connectivity index (χ0) is 6.48. The Bertz CT molecular complexity index is 115. The lowest BCUT2D eigenvalue weighted by Crippen LogP contribution is -1.98. The second kappa shape index (κ2) is 1.86. The van der Waals surface area contributed by atoms with Gasteiger partial charge in [-0.05, 0) is 37.0 Å². The Balaban J connectivity index is 2.06. The average Bonchev–Trinajstić information content (AvgIpc) is 2.42. The standard InChI is InChI=1S/C8H13I/c1-6-4-8(2-3-8)5-7(6)9/h6-7H,2-5H2,1H3. The normalized spacial score (nSPS) is 46.0. The first-order chi connectivity index (χ1) is 4.22. The molecule has 0 nitrogen and oxygen atoms in total. The maximum atomic E-state index is 2.62. The molecular formula is C8H13I. The minimum atomic E-state index is 0.880. The topological polar surface area (TPSA) is 0 Å². The Hall–Kier alpha value is 0.730. The minimum Gasteiger partial charge on any atom is -0.0823 e. The zero-order valence-corrected chi connectivity index (χ0v) is 8.02. The van der Waals surface area contributed by atoms with E-state index in [1.165, 1.54) is 25.7 Å². The molecule has 2 unspecified atom stereocenters. The summed E-state index contributed by atoms with van der Waals surface area (Å²) >= 11 is 2.62. The molecule has 0 aromatic heterocycles. The number of rotatable bonds is 0. The number of hydrogen-bond acceptors (Lipinski definition) is 0. The lowest BCUT2D eigenvalue weighted by Gasteiger charge is -2.02. The average molecular weight is 236 g/mol. The van der Waals surface area contributed by atoms with Gasteiger partial charge in [0.05, 0.1) is 0 Å². The van der Waals surface area contributed by atoms with E-state index in [0.717, 1.165) is 15.3 Å². The highest BCUT2D eigenvalue weighted by molar-refractivity contribution is 14.1. The number of alkyl halides is 1. The van der Waals surface area contributed by atoms with E-state index < -0.39 is 0 Å². The maximum absolute atomic E-state index is 2.62. The van der Waals surface area contributed by atoms with E-state index in [1.54, 1.807) is 0 Å². The summed E-state index contributed by atoms with van der Waals surface area (Å²) in [6, 6.07) is 0. The van der Waals surface area contributed by atoms with Crippen LogP contribution in [0.4, 0.5) is 0 Å². The molecule has 0 radical (unpaired) electrons. The van der Waals surface area contributed by atoms with Gasteiger partial charge in [0.1, 0.15) is 0 Å². The van der Waals surface area contributed by atoms with E-state index in [0.29, 0.717) is 0 Å². The molecule has 1 spiro atoms. The molecule has 1 heteroatoms. The Kier molecular flexibility index (Phi) is 1.33. The molecule has 2 aliphatic carbocycles. The Morgan fingerprint density at radius 1 is 1.33 bits per heavy atom. The molecule has 2 fully saturated rings. The van der Waals surface area contributed by atoms with E-state index in [4.69, 9.17) is 0 Å². The molecule has 52 valence electrons. The van der Waals surface area contributed by atoms with Crippen molar-refractivity contribution in [3.63, 3.8) is 0 Å². The van der Waals surface area contributed by atoms with Gasteiger partial charge in [-0.25, -0.2) is 0 Å². The predicted molar refractivity (Wildman–Crippen MR) is 47.9 cm³/mol. The Morgan fingerprint density at radius 2 is 2.00 bits per heavy atom. The van der Waals surface area contributed by atoms with Gasteiger partial charge in [0.15, 0.2) is 0 Å². The number of halogens is 1. The summed E-state index contributed by atoms with van der Waals surface area (Å²) in [5.41, 5.74) is 0.880. The van der Waals surface area contributed by atoms with Crippen molar-refractivity contribution in [3.05, 3.63) is 0 Å². The molecular weight excluding hydrogens is 223 g/mol. The Morgan fingerprint density at radius 3 is 2.22 bits per heavy atom. The van der Waals surface area contributed by atoms with Crippen LogP contribution in [0.3, 0.4) is 0 Å². The molecule has 0 heterocycles. The van der Waals surface area contributed by atoms with Gasteiger partial charge < -0.3 is 0 Å². The van der Waals surface area contributed by atoms with E-state index in [-0.39, 0.29) is 0 Å². The smallest absolute Gasteiger partial charge is 0.0141 e. The van der Waals surface area contributed by atoms with Crippen molar-refractivity contribution >= 4 is 22.6 Å². The summed E-state index contributed by atoms with van der Waals surface area (Å²) in [5.74, 6) is 1.01. The summed E-state index contributed by atoms with van der Waals surface area (Å²) in [7, 11) is 0. The number of hydrogen-bond donors (Lipinski definition) is 0. The van der Waals surface area contributed by atoms with Gasteiger partial charge in [0, 0.05) is 3.92 Å².